The number of aromatic nitrogens is 2. The smallest absolute Gasteiger partial charge is 0.146 e. The van der Waals surface area contributed by atoms with Crippen molar-refractivity contribution in [3.05, 3.63) is 188 Å². The van der Waals surface area contributed by atoms with Gasteiger partial charge in [-0.3, -0.25) is 4.40 Å². The number of benzene rings is 10. The van der Waals surface area contributed by atoms with Gasteiger partial charge in [-0.2, -0.15) is 0 Å². The van der Waals surface area contributed by atoms with Crippen LogP contribution in [0, 0.1) is 0 Å². The maximum atomic E-state index is 6.34. The fourth-order valence-corrected chi connectivity index (χ4v) is 11.1. The summed E-state index contributed by atoms with van der Waals surface area (Å²) in [5.41, 5.74) is 11.7. The van der Waals surface area contributed by atoms with Crippen molar-refractivity contribution in [1.82, 2.24) is 9.38 Å². The number of hydrogen-bond acceptors (Lipinski definition) is 4. The molecule has 0 bridgehead atoms. The first-order valence-electron chi connectivity index (χ1n) is 20.4. The quantitative estimate of drug-likeness (QED) is 0.164. The summed E-state index contributed by atoms with van der Waals surface area (Å²) < 4.78 is 8.67. The van der Waals surface area contributed by atoms with Crippen LogP contribution in [0.4, 0.5) is 17.1 Å². The number of rotatable bonds is 2. The van der Waals surface area contributed by atoms with E-state index in [4.69, 9.17) is 9.40 Å². The molecule has 0 unspecified atom stereocenters. The molecule has 13 aromatic rings. The second-order valence-electron chi connectivity index (χ2n) is 15.9. The predicted octanol–water partition coefficient (Wildman–Crippen LogP) is 15.8. The van der Waals surface area contributed by atoms with E-state index in [1.807, 2.05) is 23.9 Å². The first kappa shape index (κ1) is 32.4. The van der Waals surface area contributed by atoms with E-state index in [1.165, 1.54) is 52.9 Å². The van der Waals surface area contributed by atoms with Crippen LogP contribution in [0.2, 0.25) is 0 Å². The van der Waals surface area contributed by atoms with Gasteiger partial charge in [0.05, 0.1) is 27.9 Å². The zero-order valence-corrected chi connectivity index (χ0v) is 32.9. The van der Waals surface area contributed by atoms with Crippen LogP contribution in [0.25, 0.3) is 104 Å². The molecule has 1 aliphatic rings. The van der Waals surface area contributed by atoms with Gasteiger partial charge in [0.2, 0.25) is 0 Å². The van der Waals surface area contributed by atoms with Crippen LogP contribution < -0.4 is 4.90 Å². The first-order chi connectivity index (χ1) is 29.7. The van der Waals surface area contributed by atoms with Crippen LogP contribution in [-0.4, -0.2) is 9.38 Å². The molecule has 14 rings (SSSR count). The molecule has 4 nitrogen and oxygen atoms in total. The standard InChI is InChI=1S/C55H31N3OS/c1-3-13-37-35(11-1)36-12-2-4-14-38(36)45-31-54-50(30-44(37)45)57(49-25-22-33(28-53(49)60-54)32-21-24-42-41-17-8-10-20-51(41)59-52(42)27-32)34-23-26-48-46(29-34)56-55-43-18-6-5-15-39(43)40-16-7-9-19-47(40)58(48)55/h1-31H. The Morgan fingerprint density at radius 2 is 0.967 bits per heavy atom. The lowest BCUT2D eigenvalue weighted by Crippen LogP contribution is -2.15. The second-order valence-corrected chi connectivity index (χ2v) is 17.0. The highest BCUT2D eigenvalue weighted by atomic mass is 32.2. The number of fused-ring (bicyclic) bond motifs is 19. The summed E-state index contributed by atoms with van der Waals surface area (Å²) in [4.78, 5) is 10.3. The fraction of sp³-hybridized carbons (Fsp3) is 0. The molecule has 0 spiro atoms. The Bertz CT molecular complexity index is 4010. The number of nitrogens with zero attached hydrogens (tertiary/aromatic N) is 3. The van der Waals surface area contributed by atoms with Gasteiger partial charge in [0.25, 0.3) is 0 Å². The van der Waals surface area contributed by atoms with E-state index in [2.05, 4.69) is 185 Å². The highest BCUT2D eigenvalue weighted by Gasteiger charge is 2.28. The van der Waals surface area contributed by atoms with Gasteiger partial charge in [0.15, 0.2) is 0 Å². The molecule has 1 aliphatic heterocycles. The first-order valence-corrected chi connectivity index (χ1v) is 21.2. The van der Waals surface area contributed by atoms with Crippen molar-refractivity contribution in [3.63, 3.8) is 0 Å². The van der Waals surface area contributed by atoms with Crippen LogP contribution >= 0.6 is 11.8 Å². The van der Waals surface area contributed by atoms with E-state index in [9.17, 15) is 0 Å². The lowest BCUT2D eigenvalue weighted by Gasteiger charge is -2.34. The molecule has 0 radical (unpaired) electrons. The highest BCUT2D eigenvalue weighted by molar-refractivity contribution is 7.99. The maximum Gasteiger partial charge on any atom is 0.146 e. The second kappa shape index (κ2) is 12.0. The topological polar surface area (TPSA) is 33.7 Å². The minimum absolute atomic E-state index is 0.901. The zero-order chi connectivity index (χ0) is 39.1. The summed E-state index contributed by atoms with van der Waals surface area (Å²) in [7, 11) is 0. The maximum absolute atomic E-state index is 6.34. The van der Waals surface area contributed by atoms with E-state index in [0.717, 1.165) is 77.7 Å². The van der Waals surface area contributed by atoms with E-state index in [1.54, 1.807) is 0 Å². The summed E-state index contributed by atoms with van der Waals surface area (Å²) >= 11 is 1.85. The Morgan fingerprint density at radius 1 is 0.383 bits per heavy atom. The molecule has 0 atom stereocenters. The van der Waals surface area contributed by atoms with Crippen molar-refractivity contribution in [2.75, 3.05) is 4.90 Å². The van der Waals surface area contributed by atoms with Crippen LogP contribution in [0.5, 0.6) is 0 Å². The number of furan rings is 1. The summed E-state index contributed by atoms with van der Waals surface area (Å²) in [6, 6.07) is 68.4. The number of pyridine rings is 1. The Morgan fingerprint density at radius 3 is 1.75 bits per heavy atom. The molecule has 0 fully saturated rings. The molecular weight excluding hydrogens is 751 g/mol. The molecule has 3 aromatic heterocycles. The van der Waals surface area contributed by atoms with Crippen molar-refractivity contribution in [3.8, 4) is 11.1 Å². The van der Waals surface area contributed by atoms with Gasteiger partial charge in [-0.05, 0) is 116 Å². The molecule has 0 saturated heterocycles. The van der Waals surface area contributed by atoms with Crippen molar-refractivity contribution < 1.29 is 4.42 Å². The van der Waals surface area contributed by atoms with E-state index >= 15 is 0 Å². The Kier molecular flexibility index (Phi) is 6.46. The van der Waals surface area contributed by atoms with Gasteiger partial charge in [-0.1, -0.05) is 133 Å². The third kappa shape index (κ3) is 4.44. The number of para-hydroxylation sites is 2. The molecule has 5 heteroatoms. The molecule has 0 N–H and O–H groups in total. The Labute approximate surface area is 347 Å². The zero-order valence-electron chi connectivity index (χ0n) is 32.1. The average molecular weight is 782 g/mol. The molecule has 0 aliphatic carbocycles. The van der Waals surface area contributed by atoms with Gasteiger partial charge in [0, 0.05) is 37.0 Å². The largest absolute Gasteiger partial charge is 0.456 e. The normalized spacial score (nSPS) is 12.9. The van der Waals surface area contributed by atoms with Crippen LogP contribution in [0.1, 0.15) is 0 Å². The molecular formula is C55H31N3OS. The Hall–Kier alpha value is -7.60. The Balaban J connectivity index is 1.02. The third-order valence-corrected chi connectivity index (χ3v) is 13.8. The lowest BCUT2D eigenvalue weighted by atomic mass is 9.93. The highest BCUT2D eigenvalue weighted by Crippen LogP contribution is 2.55. The van der Waals surface area contributed by atoms with E-state index in [0.29, 0.717) is 0 Å². The van der Waals surface area contributed by atoms with Crippen molar-refractivity contribution in [2.24, 2.45) is 0 Å². The minimum Gasteiger partial charge on any atom is -0.456 e. The van der Waals surface area contributed by atoms with Crippen molar-refractivity contribution in [1.29, 1.82) is 0 Å². The lowest BCUT2D eigenvalue weighted by molar-refractivity contribution is 0.669. The molecule has 4 heterocycles. The molecule has 0 amide bonds. The van der Waals surface area contributed by atoms with Crippen molar-refractivity contribution >= 4 is 121 Å². The van der Waals surface area contributed by atoms with Gasteiger partial charge < -0.3 is 9.32 Å². The summed E-state index contributed by atoms with van der Waals surface area (Å²) in [6.45, 7) is 0. The van der Waals surface area contributed by atoms with Crippen LogP contribution in [0.15, 0.2) is 202 Å². The summed E-state index contributed by atoms with van der Waals surface area (Å²) in [5, 5.41) is 13.5. The third-order valence-electron chi connectivity index (χ3n) is 12.7. The van der Waals surface area contributed by atoms with Crippen molar-refractivity contribution in [2.45, 2.75) is 9.79 Å². The van der Waals surface area contributed by atoms with Crippen LogP contribution in [0.3, 0.4) is 0 Å². The van der Waals surface area contributed by atoms with Gasteiger partial charge in [-0.25, -0.2) is 4.98 Å². The molecule has 0 saturated carbocycles. The SMILES string of the molecule is c1ccc2c(c1)oc1cc(-c3ccc4c(c3)Sc3cc5c6ccccc6c6ccccc6c5cc3N4c3ccc4c(c3)nc3c5ccccc5c5ccccc5n43)ccc12. The van der Waals surface area contributed by atoms with E-state index < -0.39 is 0 Å². The summed E-state index contributed by atoms with van der Waals surface area (Å²) in [5.74, 6) is 0. The van der Waals surface area contributed by atoms with Gasteiger partial charge in [-0.15, -0.1) is 0 Å². The monoisotopic (exact) mass is 781 g/mol. The number of hydrogen-bond donors (Lipinski definition) is 0. The van der Waals surface area contributed by atoms with Gasteiger partial charge >= 0.3 is 0 Å². The fourth-order valence-electron chi connectivity index (χ4n) is 10.0. The van der Waals surface area contributed by atoms with Crippen LogP contribution in [-0.2, 0) is 0 Å². The van der Waals surface area contributed by atoms with Gasteiger partial charge in [0.1, 0.15) is 16.8 Å². The minimum atomic E-state index is 0.901. The number of imidazole rings is 1. The number of anilines is 3. The molecule has 60 heavy (non-hydrogen) atoms. The average Bonchev–Trinajstić information content (AvgIpc) is 3.89. The predicted molar refractivity (Wildman–Crippen MR) is 252 cm³/mol. The van der Waals surface area contributed by atoms with E-state index in [-0.39, 0.29) is 0 Å². The molecule has 278 valence electrons. The molecule has 10 aromatic carbocycles. The summed E-state index contributed by atoms with van der Waals surface area (Å²) in [6.07, 6.45) is 0.